The van der Waals surface area contributed by atoms with Gasteiger partial charge in [-0.3, -0.25) is 4.79 Å². The van der Waals surface area contributed by atoms with Crippen LogP contribution in [0.5, 0.6) is 11.5 Å². The molecule has 0 N–H and O–H groups in total. The zero-order valence-electron chi connectivity index (χ0n) is 8.68. The SMILES string of the molecule is COc1cccc(C(=O)CCl)c1OC(F)(F)F. The van der Waals surface area contributed by atoms with Crippen LogP contribution in [0.1, 0.15) is 10.4 Å². The van der Waals surface area contributed by atoms with Gasteiger partial charge in [-0.1, -0.05) is 6.07 Å². The molecule has 1 rings (SSSR count). The van der Waals surface area contributed by atoms with Gasteiger partial charge in [-0.25, -0.2) is 0 Å². The van der Waals surface area contributed by atoms with E-state index >= 15 is 0 Å². The smallest absolute Gasteiger partial charge is 0.493 e. The number of carbonyl (C=O) groups is 1. The van der Waals surface area contributed by atoms with E-state index in [-0.39, 0.29) is 11.3 Å². The van der Waals surface area contributed by atoms with Gasteiger partial charge < -0.3 is 9.47 Å². The van der Waals surface area contributed by atoms with Crippen molar-refractivity contribution in [3.63, 3.8) is 0 Å². The molecule has 0 heterocycles. The predicted molar refractivity (Wildman–Crippen MR) is 54.7 cm³/mol. The van der Waals surface area contributed by atoms with Crippen molar-refractivity contribution < 1.29 is 27.4 Å². The topological polar surface area (TPSA) is 35.5 Å². The number of hydrogen-bond donors (Lipinski definition) is 0. The molecule has 0 bridgehead atoms. The highest BCUT2D eigenvalue weighted by Crippen LogP contribution is 2.35. The molecule has 0 fully saturated rings. The van der Waals surface area contributed by atoms with Crippen molar-refractivity contribution in [3.05, 3.63) is 23.8 Å². The summed E-state index contributed by atoms with van der Waals surface area (Å²) in [5, 5.41) is 0. The van der Waals surface area contributed by atoms with E-state index in [4.69, 9.17) is 16.3 Å². The average molecular weight is 269 g/mol. The van der Waals surface area contributed by atoms with Crippen LogP contribution in [0, 0.1) is 0 Å². The Labute approximate surface area is 100 Å². The van der Waals surface area contributed by atoms with Crippen LogP contribution >= 0.6 is 11.6 Å². The van der Waals surface area contributed by atoms with Gasteiger partial charge in [0.1, 0.15) is 0 Å². The number of ether oxygens (including phenoxy) is 2. The van der Waals surface area contributed by atoms with E-state index in [1.165, 1.54) is 25.3 Å². The number of methoxy groups -OCH3 is 1. The quantitative estimate of drug-likeness (QED) is 0.622. The van der Waals surface area contributed by atoms with Crippen molar-refractivity contribution in [1.29, 1.82) is 0 Å². The minimum absolute atomic E-state index is 0.182. The lowest BCUT2D eigenvalue weighted by atomic mass is 10.1. The summed E-state index contributed by atoms with van der Waals surface area (Å²) in [5.74, 6) is -1.97. The molecule has 0 saturated heterocycles. The monoisotopic (exact) mass is 268 g/mol. The second kappa shape index (κ2) is 5.27. The first kappa shape index (κ1) is 13.6. The zero-order valence-corrected chi connectivity index (χ0v) is 9.43. The highest BCUT2D eigenvalue weighted by Gasteiger charge is 2.34. The number of benzene rings is 1. The van der Waals surface area contributed by atoms with Crippen LogP contribution < -0.4 is 9.47 Å². The van der Waals surface area contributed by atoms with Crippen LogP contribution in [0.25, 0.3) is 0 Å². The third kappa shape index (κ3) is 3.52. The summed E-state index contributed by atoms with van der Waals surface area (Å²) in [6, 6.07) is 3.82. The number of ketones is 1. The minimum atomic E-state index is -4.91. The second-order valence-electron chi connectivity index (χ2n) is 2.94. The number of Topliss-reactive ketones (excluding diaryl/α,β-unsaturated/α-hetero) is 1. The van der Waals surface area contributed by atoms with Crippen LogP contribution in [-0.4, -0.2) is 25.1 Å². The molecular weight excluding hydrogens is 261 g/mol. The van der Waals surface area contributed by atoms with Crippen LogP contribution in [-0.2, 0) is 0 Å². The van der Waals surface area contributed by atoms with Gasteiger partial charge >= 0.3 is 6.36 Å². The van der Waals surface area contributed by atoms with Gasteiger partial charge in [0.15, 0.2) is 17.3 Å². The Morgan fingerprint density at radius 2 is 2.06 bits per heavy atom. The van der Waals surface area contributed by atoms with Crippen LogP contribution in [0.4, 0.5) is 13.2 Å². The van der Waals surface area contributed by atoms with Gasteiger partial charge in [-0.05, 0) is 12.1 Å². The van der Waals surface area contributed by atoms with E-state index in [9.17, 15) is 18.0 Å². The minimum Gasteiger partial charge on any atom is -0.493 e. The summed E-state index contributed by atoms with van der Waals surface area (Å²) < 4.78 is 45.0. The van der Waals surface area contributed by atoms with Crippen molar-refractivity contribution in [2.24, 2.45) is 0 Å². The lowest BCUT2D eigenvalue weighted by Gasteiger charge is -2.15. The zero-order chi connectivity index (χ0) is 13.1. The third-order valence-corrected chi connectivity index (χ3v) is 2.08. The molecule has 3 nitrogen and oxygen atoms in total. The Balaban J connectivity index is 3.25. The Hall–Kier alpha value is -1.43. The second-order valence-corrected chi connectivity index (χ2v) is 3.21. The lowest BCUT2D eigenvalue weighted by molar-refractivity contribution is -0.275. The summed E-state index contributed by atoms with van der Waals surface area (Å²) >= 11 is 5.30. The maximum absolute atomic E-state index is 12.2. The number of para-hydroxylation sites is 1. The number of rotatable bonds is 4. The molecule has 7 heteroatoms. The molecule has 0 aliphatic rings. The van der Waals surface area contributed by atoms with Crippen LogP contribution in [0.15, 0.2) is 18.2 Å². The molecule has 0 unspecified atom stereocenters. The summed E-state index contributed by atoms with van der Waals surface area (Å²) in [4.78, 5) is 11.4. The number of carbonyl (C=O) groups excluding carboxylic acids is 1. The molecule has 0 amide bonds. The van der Waals surface area contributed by atoms with Crippen LogP contribution in [0.3, 0.4) is 0 Å². The number of alkyl halides is 4. The van der Waals surface area contributed by atoms with E-state index in [0.717, 1.165) is 0 Å². The van der Waals surface area contributed by atoms with E-state index in [0.29, 0.717) is 0 Å². The lowest BCUT2D eigenvalue weighted by Crippen LogP contribution is -2.20. The number of hydrogen-bond acceptors (Lipinski definition) is 3. The standard InChI is InChI=1S/C10H8ClF3O3/c1-16-8-4-2-3-6(7(15)5-11)9(8)17-10(12,13)14/h2-4H,5H2,1H3. The van der Waals surface area contributed by atoms with Gasteiger partial charge in [0.2, 0.25) is 0 Å². The van der Waals surface area contributed by atoms with Crippen molar-refractivity contribution >= 4 is 17.4 Å². The predicted octanol–water partition coefficient (Wildman–Crippen LogP) is 3.02. The molecular formula is C10H8ClF3O3. The normalized spacial score (nSPS) is 11.1. The Morgan fingerprint density at radius 3 is 2.53 bits per heavy atom. The fourth-order valence-electron chi connectivity index (χ4n) is 1.19. The van der Waals surface area contributed by atoms with Gasteiger partial charge in [-0.2, -0.15) is 0 Å². The molecule has 0 aliphatic heterocycles. The first-order valence-corrected chi connectivity index (χ1v) is 4.94. The molecule has 0 atom stereocenters. The Kier molecular flexibility index (Phi) is 4.22. The largest absolute Gasteiger partial charge is 0.573 e. The average Bonchev–Trinajstić information content (AvgIpc) is 2.26. The first-order chi connectivity index (χ1) is 7.89. The molecule has 0 spiro atoms. The van der Waals surface area contributed by atoms with Gasteiger partial charge in [0.05, 0.1) is 18.6 Å². The number of halogens is 4. The Bertz CT molecular complexity index is 418. The Morgan fingerprint density at radius 1 is 1.41 bits per heavy atom. The maximum atomic E-state index is 12.2. The third-order valence-electron chi connectivity index (χ3n) is 1.84. The molecule has 0 aromatic heterocycles. The molecule has 0 radical (unpaired) electrons. The van der Waals surface area contributed by atoms with Crippen molar-refractivity contribution in [1.82, 2.24) is 0 Å². The molecule has 94 valence electrons. The molecule has 0 saturated carbocycles. The fourth-order valence-corrected chi connectivity index (χ4v) is 1.33. The highest BCUT2D eigenvalue weighted by atomic mass is 35.5. The van der Waals surface area contributed by atoms with Crippen LogP contribution in [0.2, 0.25) is 0 Å². The molecule has 1 aromatic carbocycles. The van der Waals surface area contributed by atoms with Gasteiger partial charge in [-0.15, -0.1) is 24.8 Å². The first-order valence-electron chi connectivity index (χ1n) is 4.41. The molecule has 17 heavy (non-hydrogen) atoms. The summed E-state index contributed by atoms with van der Waals surface area (Å²) in [5.41, 5.74) is -0.267. The maximum Gasteiger partial charge on any atom is 0.573 e. The van der Waals surface area contributed by atoms with Crippen molar-refractivity contribution in [3.8, 4) is 11.5 Å². The van der Waals surface area contributed by atoms with E-state index in [2.05, 4.69) is 4.74 Å². The van der Waals surface area contributed by atoms with Gasteiger partial charge in [0.25, 0.3) is 0 Å². The molecule has 1 aromatic rings. The summed E-state index contributed by atoms with van der Waals surface area (Å²) in [7, 11) is 1.17. The summed E-state index contributed by atoms with van der Waals surface area (Å²) in [6.07, 6.45) is -4.91. The summed E-state index contributed by atoms with van der Waals surface area (Å²) in [6.45, 7) is 0. The van der Waals surface area contributed by atoms with Gasteiger partial charge in [0, 0.05) is 0 Å². The fraction of sp³-hybridized carbons (Fsp3) is 0.300. The van der Waals surface area contributed by atoms with E-state index < -0.39 is 23.8 Å². The highest BCUT2D eigenvalue weighted by molar-refractivity contribution is 6.30. The van der Waals surface area contributed by atoms with E-state index in [1.54, 1.807) is 0 Å². The van der Waals surface area contributed by atoms with Crippen molar-refractivity contribution in [2.45, 2.75) is 6.36 Å². The molecule has 0 aliphatic carbocycles. The van der Waals surface area contributed by atoms with E-state index in [1.807, 2.05) is 0 Å². The van der Waals surface area contributed by atoms with Crippen molar-refractivity contribution in [2.75, 3.05) is 13.0 Å².